The molecule has 1 heteroatoms. The van der Waals surface area contributed by atoms with Crippen LogP contribution in [0.4, 0.5) is 0 Å². The standard InChI is InChI=1S/C19H21N/c1-14(2)20-19(16-11-7-4-8-12-16)18-13-17(18)15-9-5-3-6-10-15/h3,5,7,9,11-12H,1,4,6,8,10,13H2,2H3. The maximum Gasteiger partial charge on any atom is 0.0739 e. The molecule has 0 fully saturated rings. The highest BCUT2D eigenvalue weighted by molar-refractivity contribution is 6.18. The number of nitrogens with zero attached hydrogens (tertiary/aromatic N) is 1. The summed E-state index contributed by atoms with van der Waals surface area (Å²) in [5.41, 5.74) is 7.74. The van der Waals surface area contributed by atoms with E-state index in [2.05, 4.69) is 43.0 Å². The van der Waals surface area contributed by atoms with Gasteiger partial charge in [0, 0.05) is 12.1 Å². The summed E-state index contributed by atoms with van der Waals surface area (Å²) in [5.74, 6) is 0. The molecule has 0 radical (unpaired) electrons. The smallest absolute Gasteiger partial charge is 0.0739 e. The normalized spacial score (nSPS) is 21.8. The van der Waals surface area contributed by atoms with Crippen molar-refractivity contribution in [2.24, 2.45) is 4.99 Å². The molecule has 0 saturated heterocycles. The zero-order valence-electron chi connectivity index (χ0n) is 12.2. The molecule has 0 heterocycles. The highest BCUT2D eigenvalue weighted by Crippen LogP contribution is 2.42. The monoisotopic (exact) mass is 263 g/mol. The Kier molecular flexibility index (Phi) is 3.68. The zero-order chi connectivity index (χ0) is 13.9. The van der Waals surface area contributed by atoms with Gasteiger partial charge in [-0.15, -0.1) is 0 Å². The minimum atomic E-state index is 0.885. The van der Waals surface area contributed by atoms with Crippen LogP contribution in [0.25, 0.3) is 0 Å². The molecule has 0 bridgehead atoms. The van der Waals surface area contributed by atoms with Crippen LogP contribution in [0.15, 0.2) is 76.0 Å². The number of aliphatic imine (C=N–C) groups is 1. The van der Waals surface area contributed by atoms with Crippen molar-refractivity contribution < 1.29 is 0 Å². The topological polar surface area (TPSA) is 12.4 Å². The van der Waals surface area contributed by atoms with E-state index in [-0.39, 0.29) is 0 Å². The summed E-state index contributed by atoms with van der Waals surface area (Å²) in [6.07, 6.45) is 19.1. The molecular weight excluding hydrogens is 242 g/mol. The first-order chi connectivity index (χ1) is 9.75. The lowest BCUT2D eigenvalue weighted by atomic mass is 10.00. The lowest BCUT2D eigenvalue weighted by Crippen LogP contribution is -2.02. The molecule has 0 aliphatic heterocycles. The zero-order valence-corrected chi connectivity index (χ0v) is 12.2. The lowest BCUT2D eigenvalue weighted by Gasteiger charge is -2.08. The fourth-order valence-electron chi connectivity index (χ4n) is 2.81. The van der Waals surface area contributed by atoms with Gasteiger partial charge in [0.05, 0.1) is 5.71 Å². The van der Waals surface area contributed by atoms with Gasteiger partial charge in [-0.1, -0.05) is 43.0 Å². The van der Waals surface area contributed by atoms with Crippen LogP contribution in [0.5, 0.6) is 0 Å². The Morgan fingerprint density at radius 3 is 2.75 bits per heavy atom. The Morgan fingerprint density at radius 1 is 1.20 bits per heavy atom. The highest BCUT2D eigenvalue weighted by Gasteiger charge is 2.30. The average molecular weight is 263 g/mol. The first kappa shape index (κ1) is 13.1. The van der Waals surface area contributed by atoms with Gasteiger partial charge in [0.15, 0.2) is 0 Å². The third kappa shape index (κ3) is 2.82. The van der Waals surface area contributed by atoms with Crippen LogP contribution in [0, 0.1) is 0 Å². The van der Waals surface area contributed by atoms with Crippen molar-refractivity contribution in [1.82, 2.24) is 0 Å². The van der Waals surface area contributed by atoms with Crippen LogP contribution >= 0.6 is 0 Å². The van der Waals surface area contributed by atoms with Gasteiger partial charge >= 0.3 is 0 Å². The molecule has 1 nitrogen and oxygen atoms in total. The second-order valence-corrected chi connectivity index (χ2v) is 5.63. The molecule has 0 saturated carbocycles. The van der Waals surface area contributed by atoms with Crippen LogP contribution in [-0.2, 0) is 0 Å². The summed E-state index contributed by atoms with van der Waals surface area (Å²) in [5, 5.41) is 0. The van der Waals surface area contributed by atoms with Gasteiger partial charge in [-0.05, 0) is 54.9 Å². The Morgan fingerprint density at radius 2 is 2.10 bits per heavy atom. The molecule has 0 aromatic rings. The molecule has 20 heavy (non-hydrogen) atoms. The molecule has 3 aliphatic rings. The van der Waals surface area contributed by atoms with E-state index >= 15 is 0 Å². The van der Waals surface area contributed by atoms with Gasteiger partial charge in [-0.25, -0.2) is 0 Å². The third-order valence-corrected chi connectivity index (χ3v) is 3.85. The molecule has 0 aromatic carbocycles. The second kappa shape index (κ2) is 5.62. The summed E-state index contributed by atoms with van der Waals surface area (Å²) >= 11 is 0. The van der Waals surface area contributed by atoms with Gasteiger partial charge in [0.25, 0.3) is 0 Å². The second-order valence-electron chi connectivity index (χ2n) is 5.63. The molecule has 3 aliphatic carbocycles. The van der Waals surface area contributed by atoms with E-state index in [1.165, 1.54) is 28.7 Å². The van der Waals surface area contributed by atoms with Crippen molar-refractivity contribution in [1.29, 1.82) is 0 Å². The quantitative estimate of drug-likeness (QED) is 0.617. The van der Waals surface area contributed by atoms with Crippen molar-refractivity contribution in [2.75, 3.05) is 0 Å². The highest BCUT2D eigenvalue weighted by atomic mass is 14.8. The van der Waals surface area contributed by atoms with Crippen molar-refractivity contribution >= 4 is 5.71 Å². The SMILES string of the molecule is C=C(C)N=C(C1=CCCC=C1)C1=C(C2=CC=CCC2)C1. The van der Waals surface area contributed by atoms with Crippen molar-refractivity contribution in [2.45, 2.75) is 39.0 Å². The molecule has 0 N–H and O–H groups in total. The lowest BCUT2D eigenvalue weighted by molar-refractivity contribution is 0.978. The Balaban J connectivity index is 1.92. The summed E-state index contributed by atoms with van der Waals surface area (Å²) < 4.78 is 0. The first-order valence-electron chi connectivity index (χ1n) is 7.45. The molecule has 102 valence electrons. The average Bonchev–Trinajstić information content (AvgIpc) is 3.27. The first-order valence-corrected chi connectivity index (χ1v) is 7.45. The van der Waals surface area contributed by atoms with Gasteiger partial charge in [-0.3, -0.25) is 4.99 Å². The van der Waals surface area contributed by atoms with Crippen molar-refractivity contribution in [3.05, 3.63) is 71.0 Å². The van der Waals surface area contributed by atoms with Crippen LogP contribution in [0.3, 0.4) is 0 Å². The van der Waals surface area contributed by atoms with Gasteiger partial charge < -0.3 is 0 Å². The van der Waals surface area contributed by atoms with Gasteiger partial charge in [0.1, 0.15) is 0 Å². The minimum Gasteiger partial charge on any atom is -0.253 e. The number of hydrogen-bond donors (Lipinski definition) is 0. The summed E-state index contributed by atoms with van der Waals surface area (Å²) in [6.45, 7) is 5.92. The molecule has 0 amide bonds. The number of rotatable bonds is 4. The van der Waals surface area contributed by atoms with E-state index in [9.17, 15) is 0 Å². The molecule has 3 rings (SSSR count). The fourth-order valence-corrected chi connectivity index (χ4v) is 2.81. The van der Waals surface area contributed by atoms with E-state index in [1.807, 2.05) is 6.92 Å². The maximum absolute atomic E-state index is 4.71. The summed E-state index contributed by atoms with van der Waals surface area (Å²) in [6, 6.07) is 0. The van der Waals surface area contributed by atoms with Crippen molar-refractivity contribution in [3.63, 3.8) is 0 Å². The number of allylic oxidation sites excluding steroid dienone is 11. The molecule has 0 unspecified atom stereocenters. The van der Waals surface area contributed by atoms with E-state index in [0.717, 1.165) is 37.1 Å². The predicted octanol–water partition coefficient (Wildman–Crippen LogP) is 5.21. The number of hydrogen-bond acceptors (Lipinski definition) is 1. The van der Waals surface area contributed by atoms with Crippen LogP contribution < -0.4 is 0 Å². The summed E-state index contributed by atoms with van der Waals surface area (Å²) in [7, 11) is 0. The van der Waals surface area contributed by atoms with Crippen molar-refractivity contribution in [3.8, 4) is 0 Å². The van der Waals surface area contributed by atoms with Crippen LogP contribution in [-0.4, -0.2) is 5.71 Å². The largest absolute Gasteiger partial charge is 0.253 e. The van der Waals surface area contributed by atoms with E-state index in [4.69, 9.17) is 4.99 Å². The maximum atomic E-state index is 4.71. The molecular formula is C19H21N. The van der Waals surface area contributed by atoms with E-state index < -0.39 is 0 Å². The Labute approximate surface area is 121 Å². The fraction of sp³-hybridized carbons (Fsp3) is 0.316. The van der Waals surface area contributed by atoms with Crippen LogP contribution in [0.2, 0.25) is 0 Å². The molecule has 0 atom stereocenters. The van der Waals surface area contributed by atoms with Gasteiger partial charge in [0.2, 0.25) is 0 Å². The van der Waals surface area contributed by atoms with Gasteiger partial charge in [-0.2, -0.15) is 0 Å². The third-order valence-electron chi connectivity index (χ3n) is 3.85. The Hall–Kier alpha value is -1.89. The predicted molar refractivity (Wildman–Crippen MR) is 86.8 cm³/mol. The van der Waals surface area contributed by atoms with E-state index in [1.54, 1.807) is 0 Å². The molecule has 0 spiro atoms. The molecule has 0 aromatic heterocycles. The summed E-state index contributed by atoms with van der Waals surface area (Å²) in [4.78, 5) is 4.71. The Bertz CT molecular complexity index is 618. The van der Waals surface area contributed by atoms with E-state index in [0.29, 0.717) is 0 Å². The minimum absolute atomic E-state index is 0.885. The van der Waals surface area contributed by atoms with Crippen LogP contribution in [0.1, 0.15) is 39.0 Å².